The largest absolute Gasteiger partial charge is 0.497 e. The molecule has 19 heavy (non-hydrogen) atoms. The highest BCUT2D eigenvalue weighted by Crippen LogP contribution is 2.13. The van der Waals surface area contributed by atoms with Gasteiger partial charge in [-0.1, -0.05) is 26.0 Å². The van der Waals surface area contributed by atoms with E-state index in [1.54, 1.807) is 7.11 Å². The summed E-state index contributed by atoms with van der Waals surface area (Å²) >= 11 is 0. The number of nitrogens with one attached hydrogen (secondary N) is 1. The van der Waals surface area contributed by atoms with Crippen molar-refractivity contribution in [3.8, 4) is 5.75 Å². The van der Waals surface area contributed by atoms with Crippen LogP contribution in [0.5, 0.6) is 5.75 Å². The fourth-order valence-electron chi connectivity index (χ4n) is 1.75. The van der Waals surface area contributed by atoms with E-state index in [1.165, 1.54) is 5.56 Å². The Morgan fingerprint density at radius 2 is 2.16 bits per heavy atom. The van der Waals surface area contributed by atoms with Gasteiger partial charge in [-0.05, 0) is 36.5 Å². The molecule has 0 aliphatic carbocycles. The number of methoxy groups -OCH3 is 1. The van der Waals surface area contributed by atoms with Crippen LogP contribution in [0.4, 0.5) is 0 Å². The van der Waals surface area contributed by atoms with Gasteiger partial charge in [0, 0.05) is 6.54 Å². The number of ether oxygens (including phenoxy) is 1. The van der Waals surface area contributed by atoms with Crippen molar-refractivity contribution >= 4 is 5.91 Å². The van der Waals surface area contributed by atoms with Crippen LogP contribution in [0.25, 0.3) is 0 Å². The number of benzene rings is 1. The SMILES string of the molecule is COc1cccc(CCCNC(=O)[C@@H](N)C(C)C)c1. The molecule has 0 aromatic heterocycles. The molecule has 0 saturated heterocycles. The Bertz CT molecular complexity index is 405. The van der Waals surface area contributed by atoms with Gasteiger partial charge in [-0.2, -0.15) is 0 Å². The second-order valence-electron chi connectivity index (χ2n) is 5.02. The quantitative estimate of drug-likeness (QED) is 0.737. The summed E-state index contributed by atoms with van der Waals surface area (Å²) in [7, 11) is 1.66. The van der Waals surface area contributed by atoms with Crippen molar-refractivity contribution in [1.29, 1.82) is 0 Å². The zero-order valence-corrected chi connectivity index (χ0v) is 12.0. The van der Waals surface area contributed by atoms with Crippen molar-refractivity contribution in [2.75, 3.05) is 13.7 Å². The molecule has 0 aliphatic heterocycles. The lowest BCUT2D eigenvalue weighted by molar-refractivity contribution is -0.123. The standard InChI is InChI=1S/C15H24N2O2/c1-11(2)14(16)15(18)17-9-5-7-12-6-4-8-13(10-12)19-3/h4,6,8,10-11,14H,5,7,9,16H2,1-3H3,(H,17,18)/t14-/m0/s1. The van der Waals surface area contributed by atoms with Gasteiger partial charge in [-0.15, -0.1) is 0 Å². The van der Waals surface area contributed by atoms with E-state index in [1.807, 2.05) is 32.0 Å². The third-order valence-corrected chi connectivity index (χ3v) is 3.10. The summed E-state index contributed by atoms with van der Waals surface area (Å²) in [5.74, 6) is 0.961. The number of amides is 1. The first-order valence-electron chi connectivity index (χ1n) is 6.71. The monoisotopic (exact) mass is 264 g/mol. The number of aryl methyl sites for hydroxylation is 1. The van der Waals surface area contributed by atoms with E-state index >= 15 is 0 Å². The summed E-state index contributed by atoms with van der Waals surface area (Å²) in [6, 6.07) is 7.55. The molecule has 1 atom stereocenters. The molecular formula is C15H24N2O2. The molecule has 0 unspecified atom stereocenters. The fourth-order valence-corrected chi connectivity index (χ4v) is 1.75. The van der Waals surface area contributed by atoms with Crippen LogP contribution < -0.4 is 15.8 Å². The molecule has 0 radical (unpaired) electrons. The molecule has 0 spiro atoms. The van der Waals surface area contributed by atoms with E-state index in [-0.39, 0.29) is 11.8 Å². The third-order valence-electron chi connectivity index (χ3n) is 3.10. The lowest BCUT2D eigenvalue weighted by Crippen LogP contribution is -2.44. The Labute approximate surface area is 115 Å². The molecule has 106 valence electrons. The highest BCUT2D eigenvalue weighted by atomic mass is 16.5. The van der Waals surface area contributed by atoms with Crippen molar-refractivity contribution in [3.05, 3.63) is 29.8 Å². The van der Waals surface area contributed by atoms with Crippen LogP contribution in [0.2, 0.25) is 0 Å². The lowest BCUT2D eigenvalue weighted by atomic mass is 10.0. The summed E-state index contributed by atoms with van der Waals surface area (Å²) in [5.41, 5.74) is 6.97. The second-order valence-corrected chi connectivity index (χ2v) is 5.02. The van der Waals surface area contributed by atoms with Crippen molar-refractivity contribution in [2.45, 2.75) is 32.7 Å². The van der Waals surface area contributed by atoms with Gasteiger partial charge in [-0.3, -0.25) is 4.79 Å². The molecule has 0 heterocycles. The maximum atomic E-state index is 11.6. The zero-order chi connectivity index (χ0) is 14.3. The van der Waals surface area contributed by atoms with Crippen LogP contribution in [0.15, 0.2) is 24.3 Å². The summed E-state index contributed by atoms with van der Waals surface area (Å²) in [6.45, 7) is 4.54. The van der Waals surface area contributed by atoms with Crippen LogP contribution in [0, 0.1) is 5.92 Å². The predicted molar refractivity (Wildman–Crippen MR) is 77.1 cm³/mol. The lowest BCUT2D eigenvalue weighted by Gasteiger charge is -2.15. The molecule has 0 bridgehead atoms. The molecule has 0 saturated carbocycles. The number of hydrogen-bond donors (Lipinski definition) is 2. The first-order chi connectivity index (χ1) is 9.04. The maximum Gasteiger partial charge on any atom is 0.237 e. The summed E-state index contributed by atoms with van der Waals surface area (Å²) < 4.78 is 5.17. The average Bonchev–Trinajstić information content (AvgIpc) is 2.42. The Balaban J connectivity index is 2.29. The Morgan fingerprint density at radius 3 is 2.79 bits per heavy atom. The van der Waals surface area contributed by atoms with Gasteiger partial charge in [0.25, 0.3) is 0 Å². The van der Waals surface area contributed by atoms with Crippen LogP contribution in [0.3, 0.4) is 0 Å². The minimum Gasteiger partial charge on any atom is -0.497 e. The predicted octanol–water partition coefficient (Wildman–Crippen LogP) is 1.73. The molecule has 1 aromatic rings. The smallest absolute Gasteiger partial charge is 0.237 e. The van der Waals surface area contributed by atoms with Crippen LogP contribution in [-0.4, -0.2) is 25.6 Å². The van der Waals surface area contributed by atoms with Gasteiger partial charge in [0.1, 0.15) is 5.75 Å². The minimum atomic E-state index is -0.420. The number of rotatable bonds is 7. The van der Waals surface area contributed by atoms with Crippen LogP contribution in [-0.2, 0) is 11.2 Å². The molecule has 0 fully saturated rings. The van der Waals surface area contributed by atoms with Gasteiger partial charge >= 0.3 is 0 Å². The first kappa shape index (κ1) is 15.5. The maximum absolute atomic E-state index is 11.6. The van der Waals surface area contributed by atoms with Crippen molar-refractivity contribution < 1.29 is 9.53 Å². The van der Waals surface area contributed by atoms with Gasteiger partial charge in [-0.25, -0.2) is 0 Å². The molecule has 0 aliphatic rings. The van der Waals surface area contributed by atoms with Crippen molar-refractivity contribution in [1.82, 2.24) is 5.32 Å². The van der Waals surface area contributed by atoms with Gasteiger partial charge < -0.3 is 15.8 Å². The van der Waals surface area contributed by atoms with Crippen molar-refractivity contribution in [2.24, 2.45) is 11.7 Å². The molecule has 1 amide bonds. The van der Waals surface area contributed by atoms with Crippen LogP contribution >= 0.6 is 0 Å². The summed E-state index contributed by atoms with van der Waals surface area (Å²) in [4.78, 5) is 11.6. The van der Waals surface area contributed by atoms with E-state index in [9.17, 15) is 4.79 Å². The molecule has 1 rings (SSSR count). The molecule has 4 heteroatoms. The topological polar surface area (TPSA) is 64.3 Å². The van der Waals surface area contributed by atoms with E-state index < -0.39 is 6.04 Å². The van der Waals surface area contributed by atoms with Gasteiger partial charge in [0.2, 0.25) is 5.91 Å². The molecular weight excluding hydrogens is 240 g/mol. The highest BCUT2D eigenvalue weighted by molar-refractivity contribution is 5.81. The summed E-state index contributed by atoms with van der Waals surface area (Å²) in [5, 5.41) is 2.87. The highest BCUT2D eigenvalue weighted by Gasteiger charge is 2.15. The first-order valence-corrected chi connectivity index (χ1v) is 6.71. The van der Waals surface area contributed by atoms with Crippen molar-refractivity contribution in [3.63, 3.8) is 0 Å². The second kappa shape index (κ2) is 7.79. The molecule has 4 nitrogen and oxygen atoms in total. The van der Waals surface area contributed by atoms with E-state index in [0.29, 0.717) is 6.54 Å². The van der Waals surface area contributed by atoms with Gasteiger partial charge in [0.15, 0.2) is 0 Å². The fraction of sp³-hybridized carbons (Fsp3) is 0.533. The zero-order valence-electron chi connectivity index (χ0n) is 12.0. The van der Waals surface area contributed by atoms with E-state index in [4.69, 9.17) is 10.5 Å². The number of carbonyl (C=O) groups excluding carboxylic acids is 1. The minimum absolute atomic E-state index is 0.0688. The number of nitrogens with two attached hydrogens (primary N) is 1. The normalized spacial score (nSPS) is 12.3. The molecule has 3 N–H and O–H groups in total. The summed E-state index contributed by atoms with van der Waals surface area (Å²) in [6.07, 6.45) is 1.80. The van der Waals surface area contributed by atoms with E-state index in [2.05, 4.69) is 11.4 Å². The Kier molecular flexibility index (Phi) is 6.36. The number of hydrogen-bond acceptors (Lipinski definition) is 3. The molecule has 1 aromatic carbocycles. The van der Waals surface area contributed by atoms with Crippen LogP contribution in [0.1, 0.15) is 25.8 Å². The van der Waals surface area contributed by atoms with E-state index in [0.717, 1.165) is 18.6 Å². The van der Waals surface area contributed by atoms with Gasteiger partial charge in [0.05, 0.1) is 13.2 Å². The average molecular weight is 264 g/mol. The Hall–Kier alpha value is -1.55. The number of carbonyl (C=O) groups is 1. The third kappa shape index (κ3) is 5.30. The Morgan fingerprint density at radius 1 is 1.42 bits per heavy atom.